The number of ether oxygens (including phenoxy) is 1. The highest BCUT2D eigenvalue weighted by atomic mass is 79.9. The predicted molar refractivity (Wildman–Crippen MR) is 88.6 cm³/mol. The molecule has 0 aliphatic rings. The van der Waals surface area contributed by atoms with Gasteiger partial charge in [-0.15, -0.1) is 0 Å². The minimum atomic E-state index is 0.257. The monoisotopic (exact) mass is 349 g/mol. The number of phenols is 1. The summed E-state index contributed by atoms with van der Waals surface area (Å²) in [6.45, 7) is 4.34. The van der Waals surface area contributed by atoms with Crippen LogP contribution in [0.5, 0.6) is 11.5 Å². The standard InChI is InChI=1S/C17H20BrNO2/c1-2-9-19-11-14-6-4-8-16(18)17(14)21-12-13-5-3-7-15(20)10-13/h3-8,10,19-20H,2,9,11-12H2,1H3. The third-order valence-corrected chi connectivity index (χ3v) is 3.71. The lowest BCUT2D eigenvalue weighted by Crippen LogP contribution is -2.14. The smallest absolute Gasteiger partial charge is 0.138 e. The first kappa shape index (κ1) is 15.9. The Morgan fingerprint density at radius 2 is 2.00 bits per heavy atom. The van der Waals surface area contributed by atoms with Crippen LogP contribution in [-0.4, -0.2) is 11.7 Å². The summed E-state index contributed by atoms with van der Waals surface area (Å²) in [7, 11) is 0. The van der Waals surface area contributed by atoms with Gasteiger partial charge in [0.1, 0.15) is 18.1 Å². The van der Waals surface area contributed by atoms with Crippen molar-refractivity contribution in [3.8, 4) is 11.5 Å². The molecule has 2 aromatic rings. The average molecular weight is 350 g/mol. The minimum Gasteiger partial charge on any atom is -0.508 e. The lowest BCUT2D eigenvalue weighted by molar-refractivity contribution is 0.299. The molecule has 0 spiro atoms. The Morgan fingerprint density at radius 1 is 1.19 bits per heavy atom. The Labute approximate surface area is 134 Å². The first-order valence-corrected chi connectivity index (χ1v) is 7.89. The highest BCUT2D eigenvalue weighted by Crippen LogP contribution is 2.30. The van der Waals surface area contributed by atoms with Gasteiger partial charge >= 0.3 is 0 Å². The molecule has 0 atom stereocenters. The van der Waals surface area contributed by atoms with Crippen LogP contribution in [0.4, 0.5) is 0 Å². The molecule has 2 aromatic carbocycles. The van der Waals surface area contributed by atoms with E-state index in [1.54, 1.807) is 12.1 Å². The van der Waals surface area contributed by atoms with E-state index in [1.165, 1.54) is 0 Å². The van der Waals surface area contributed by atoms with E-state index in [0.29, 0.717) is 6.61 Å². The molecular weight excluding hydrogens is 330 g/mol. The second-order valence-corrected chi connectivity index (χ2v) is 5.72. The molecule has 21 heavy (non-hydrogen) atoms. The van der Waals surface area contributed by atoms with E-state index >= 15 is 0 Å². The van der Waals surface area contributed by atoms with Gasteiger partial charge in [-0.05, 0) is 52.7 Å². The van der Waals surface area contributed by atoms with Gasteiger partial charge in [0.05, 0.1) is 4.47 Å². The predicted octanol–water partition coefficient (Wildman–Crippen LogP) is 4.23. The Hall–Kier alpha value is -1.52. The highest BCUT2D eigenvalue weighted by Gasteiger charge is 2.08. The zero-order valence-electron chi connectivity index (χ0n) is 12.1. The van der Waals surface area contributed by atoms with Gasteiger partial charge in [-0.3, -0.25) is 0 Å². The van der Waals surface area contributed by atoms with Crippen molar-refractivity contribution in [1.29, 1.82) is 0 Å². The fraction of sp³-hybridized carbons (Fsp3) is 0.294. The normalized spacial score (nSPS) is 10.6. The van der Waals surface area contributed by atoms with Gasteiger partial charge in [-0.25, -0.2) is 0 Å². The van der Waals surface area contributed by atoms with Crippen molar-refractivity contribution in [3.63, 3.8) is 0 Å². The number of nitrogens with one attached hydrogen (secondary N) is 1. The maximum Gasteiger partial charge on any atom is 0.138 e. The summed E-state index contributed by atoms with van der Waals surface area (Å²) in [6.07, 6.45) is 1.10. The Kier molecular flexibility index (Phi) is 6.08. The molecular formula is C17H20BrNO2. The maximum absolute atomic E-state index is 9.49. The SMILES string of the molecule is CCCNCc1cccc(Br)c1OCc1cccc(O)c1. The van der Waals surface area contributed by atoms with Crippen LogP contribution < -0.4 is 10.1 Å². The number of benzene rings is 2. The summed E-state index contributed by atoms with van der Waals surface area (Å²) in [5.74, 6) is 1.11. The van der Waals surface area contributed by atoms with Crippen molar-refractivity contribution in [2.75, 3.05) is 6.54 Å². The molecule has 0 heterocycles. The van der Waals surface area contributed by atoms with Crippen LogP contribution in [0, 0.1) is 0 Å². The van der Waals surface area contributed by atoms with Crippen LogP contribution >= 0.6 is 15.9 Å². The lowest BCUT2D eigenvalue weighted by atomic mass is 10.2. The molecule has 2 rings (SSSR count). The molecule has 4 heteroatoms. The number of para-hydroxylation sites is 1. The molecule has 0 aromatic heterocycles. The molecule has 0 aliphatic heterocycles. The molecule has 0 saturated carbocycles. The van der Waals surface area contributed by atoms with E-state index < -0.39 is 0 Å². The van der Waals surface area contributed by atoms with Crippen LogP contribution in [0.2, 0.25) is 0 Å². The number of hydrogen-bond acceptors (Lipinski definition) is 3. The highest BCUT2D eigenvalue weighted by molar-refractivity contribution is 9.10. The summed E-state index contributed by atoms with van der Waals surface area (Å²) in [5, 5.41) is 12.9. The van der Waals surface area contributed by atoms with E-state index in [0.717, 1.165) is 40.9 Å². The molecule has 0 saturated heterocycles. The van der Waals surface area contributed by atoms with E-state index in [1.807, 2.05) is 24.3 Å². The van der Waals surface area contributed by atoms with Gasteiger partial charge in [0, 0.05) is 12.1 Å². The molecule has 0 amide bonds. The third-order valence-electron chi connectivity index (χ3n) is 3.08. The number of phenolic OH excluding ortho intramolecular Hbond substituents is 1. The Morgan fingerprint density at radius 3 is 2.76 bits per heavy atom. The first-order chi connectivity index (χ1) is 10.2. The molecule has 3 nitrogen and oxygen atoms in total. The summed E-state index contributed by atoms with van der Waals surface area (Å²) in [5.41, 5.74) is 2.07. The quantitative estimate of drug-likeness (QED) is 0.734. The maximum atomic E-state index is 9.49. The number of halogens is 1. The summed E-state index contributed by atoms with van der Waals surface area (Å²) >= 11 is 3.54. The van der Waals surface area contributed by atoms with Crippen LogP contribution in [0.25, 0.3) is 0 Å². The van der Waals surface area contributed by atoms with Crippen molar-refractivity contribution in [2.45, 2.75) is 26.5 Å². The van der Waals surface area contributed by atoms with Gasteiger partial charge in [-0.2, -0.15) is 0 Å². The Balaban J connectivity index is 2.07. The van der Waals surface area contributed by atoms with Crippen molar-refractivity contribution in [1.82, 2.24) is 5.32 Å². The van der Waals surface area contributed by atoms with Crippen LogP contribution in [-0.2, 0) is 13.2 Å². The number of hydrogen-bond donors (Lipinski definition) is 2. The van der Waals surface area contributed by atoms with Crippen molar-refractivity contribution in [3.05, 3.63) is 58.1 Å². The zero-order valence-corrected chi connectivity index (χ0v) is 13.7. The van der Waals surface area contributed by atoms with Crippen molar-refractivity contribution in [2.24, 2.45) is 0 Å². The van der Waals surface area contributed by atoms with Gasteiger partial charge < -0.3 is 15.2 Å². The minimum absolute atomic E-state index is 0.257. The van der Waals surface area contributed by atoms with Crippen molar-refractivity contribution < 1.29 is 9.84 Å². The van der Waals surface area contributed by atoms with Crippen LogP contribution in [0.3, 0.4) is 0 Å². The van der Waals surface area contributed by atoms with Crippen molar-refractivity contribution >= 4 is 15.9 Å². The van der Waals surface area contributed by atoms with E-state index in [2.05, 4.69) is 34.2 Å². The summed E-state index contributed by atoms with van der Waals surface area (Å²) < 4.78 is 6.88. The molecule has 112 valence electrons. The van der Waals surface area contributed by atoms with Gasteiger partial charge in [-0.1, -0.05) is 31.2 Å². The van der Waals surface area contributed by atoms with Crippen LogP contribution in [0.1, 0.15) is 24.5 Å². The molecule has 0 fully saturated rings. The summed E-state index contributed by atoms with van der Waals surface area (Å²) in [4.78, 5) is 0. The second-order valence-electron chi connectivity index (χ2n) is 4.86. The van der Waals surface area contributed by atoms with E-state index in [4.69, 9.17) is 4.74 Å². The van der Waals surface area contributed by atoms with Gasteiger partial charge in [0.25, 0.3) is 0 Å². The topological polar surface area (TPSA) is 41.5 Å². The first-order valence-electron chi connectivity index (χ1n) is 7.09. The Bertz CT molecular complexity index is 587. The lowest BCUT2D eigenvalue weighted by Gasteiger charge is -2.14. The number of aromatic hydroxyl groups is 1. The molecule has 0 aliphatic carbocycles. The summed E-state index contributed by atoms with van der Waals surface area (Å²) in [6, 6.07) is 13.2. The second kappa shape index (κ2) is 8.05. The number of rotatable bonds is 7. The van der Waals surface area contributed by atoms with Gasteiger partial charge in [0.2, 0.25) is 0 Å². The van der Waals surface area contributed by atoms with E-state index in [-0.39, 0.29) is 5.75 Å². The van der Waals surface area contributed by atoms with Crippen LogP contribution in [0.15, 0.2) is 46.9 Å². The van der Waals surface area contributed by atoms with E-state index in [9.17, 15) is 5.11 Å². The molecule has 2 N–H and O–H groups in total. The largest absolute Gasteiger partial charge is 0.508 e. The zero-order chi connectivity index (χ0) is 15.1. The fourth-order valence-electron chi connectivity index (χ4n) is 2.06. The molecule has 0 radical (unpaired) electrons. The fourth-order valence-corrected chi connectivity index (χ4v) is 2.58. The average Bonchev–Trinajstić information content (AvgIpc) is 2.47. The van der Waals surface area contributed by atoms with Gasteiger partial charge in [0.15, 0.2) is 0 Å². The third kappa shape index (κ3) is 4.76. The molecule has 0 unspecified atom stereocenters. The molecule has 0 bridgehead atoms.